The lowest BCUT2D eigenvalue weighted by atomic mass is 10.1. The predicted molar refractivity (Wildman–Crippen MR) is 125 cm³/mol. The van der Waals surface area contributed by atoms with Gasteiger partial charge in [0.2, 0.25) is 0 Å². The first-order chi connectivity index (χ1) is 14.5. The summed E-state index contributed by atoms with van der Waals surface area (Å²) < 4.78 is 5.68. The Morgan fingerprint density at radius 1 is 1.00 bits per heavy atom. The quantitative estimate of drug-likeness (QED) is 0.677. The highest BCUT2D eigenvalue weighted by Crippen LogP contribution is 2.31. The first kappa shape index (κ1) is 20.5. The van der Waals surface area contributed by atoms with Crippen LogP contribution in [0.4, 0.5) is 5.69 Å². The number of carbonyl (C=O) groups excluding carboxylic acids is 1. The number of nitrogens with zero attached hydrogens (tertiary/aromatic N) is 3. The lowest BCUT2D eigenvalue weighted by molar-refractivity contribution is -0.113. The minimum absolute atomic E-state index is 0.142. The molecule has 1 saturated heterocycles. The Hall–Kier alpha value is -2.73. The molecule has 1 amide bonds. The normalized spacial score (nSPS) is 18.3. The van der Waals surface area contributed by atoms with Crippen LogP contribution in [0.25, 0.3) is 6.08 Å². The van der Waals surface area contributed by atoms with E-state index in [9.17, 15) is 4.79 Å². The van der Waals surface area contributed by atoms with Gasteiger partial charge in [-0.2, -0.15) is 4.99 Å². The molecular weight excluding hydrogens is 394 g/mol. The number of aliphatic imine (C=N–C) groups is 1. The number of para-hydroxylation sites is 1. The number of ether oxygens (including phenoxy) is 1. The smallest absolute Gasteiger partial charge is 0.286 e. The molecule has 0 aromatic heterocycles. The van der Waals surface area contributed by atoms with Crippen molar-refractivity contribution in [3.8, 4) is 5.75 Å². The van der Waals surface area contributed by atoms with Crippen molar-refractivity contribution in [2.45, 2.75) is 26.9 Å². The summed E-state index contributed by atoms with van der Waals surface area (Å²) in [6, 6.07) is 16.3. The summed E-state index contributed by atoms with van der Waals surface area (Å²) in [6.45, 7) is 9.73. The summed E-state index contributed by atoms with van der Waals surface area (Å²) in [7, 11) is 0. The Kier molecular flexibility index (Phi) is 6.13. The lowest BCUT2D eigenvalue weighted by Gasteiger charge is -2.37. The number of carbonyl (C=O) groups is 1. The van der Waals surface area contributed by atoms with Crippen molar-refractivity contribution < 1.29 is 9.53 Å². The molecule has 0 aliphatic carbocycles. The van der Waals surface area contributed by atoms with Crippen LogP contribution < -0.4 is 9.64 Å². The fraction of sp³-hybridized carbons (Fsp3) is 0.333. The summed E-state index contributed by atoms with van der Waals surface area (Å²) in [5, 5.41) is 0.815. The fourth-order valence-corrected chi connectivity index (χ4v) is 4.62. The van der Waals surface area contributed by atoms with Crippen molar-refractivity contribution >= 4 is 34.6 Å². The molecule has 6 heteroatoms. The molecule has 2 aliphatic rings. The second kappa shape index (κ2) is 8.96. The van der Waals surface area contributed by atoms with E-state index in [1.165, 1.54) is 23.0 Å². The monoisotopic (exact) mass is 421 g/mol. The number of amidine groups is 1. The number of aryl methyl sites for hydroxylation is 1. The summed E-state index contributed by atoms with van der Waals surface area (Å²) in [6.07, 6.45) is 2.05. The zero-order valence-corrected chi connectivity index (χ0v) is 18.5. The Bertz CT molecular complexity index is 974. The molecule has 30 heavy (non-hydrogen) atoms. The second-order valence-electron chi connectivity index (χ2n) is 7.81. The number of hydrogen-bond donors (Lipinski definition) is 0. The molecule has 2 aromatic rings. The number of amides is 1. The van der Waals surface area contributed by atoms with Crippen molar-refractivity contribution in [2.75, 3.05) is 31.1 Å². The average molecular weight is 422 g/mol. The van der Waals surface area contributed by atoms with Crippen molar-refractivity contribution in [3.63, 3.8) is 0 Å². The highest BCUT2D eigenvalue weighted by atomic mass is 32.2. The third-order valence-electron chi connectivity index (χ3n) is 5.17. The standard InChI is InChI=1S/C24H27N3O2S/c1-17(2)29-20-10-8-19(9-11-20)16-22-23(28)25-24(30-22)27-14-12-26(13-15-27)21-7-5-4-6-18(21)3/h4-11,16-17H,12-15H2,1-3H3/b22-16+. The maximum Gasteiger partial charge on any atom is 0.286 e. The molecule has 2 heterocycles. The number of piperazine rings is 1. The van der Waals surface area contributed by atoms with E-state index >= 15 is 0 Å². The molecule has 0 atom stereocenters. The van der Waals surface area contributed by atoms with Crippen LogP contribution in [0.3, 0.4) is 0 Å². The minimum atomic E-state index is -0.154. The van der Waals surface area contributed by atoms with Crippen LogP contribution in [-0.2, 0) is 4.79 Å². The molecule has 156 valence electrons. The molecule has 0 unspecified atom stereocenters. The van der Waals surface area contributed by atoms with Crippen LogP contribution in [0.15, 0.2) is 58.4 Å². The number of rotatable bonds is 4. The second-order valence-corrected chi connectivity index (χ2v) is 8.82. The van der Waals surface area contributed by atoms with E-state index in [2.05, 4.69) is 46.0 Å². The van der Waals surface area contributed by atoms with Gasteiger partial charge < -0.3 is 14.5 Å². The molecular formula is C24H27N3O2S. The van der Waals surface area contributed by atoms with Gasteiger partial charge in [-0.15, -0.1) is 0 Å². The van der Waals surface area contributed by atoms with Gasteiger partial charge in [0.05, 0.1) is 11.0 Å². The Balaban J connectivity index is 1.37. The van der Waals surface area contributed by atoms with Gasteiger partial charge in [0.25, 0.3) is 5.91 Å². The molecule has 0 N–H and O–H groups in total. The maximum atomic E-state index is 12.4. The molecule has 0 bridgehead atoms. The van der Waals surface area contributed by atoms with Gasteiger partial charge in [-0.3, -0.25) is 4.79 Å². The maximum absolute atomic E-state index is 12.4. The van der Waals surface area contributed by atoms with Crippen LogP contribution in [0.5, 0.6) is 5.75 Å². The van der Waals surface area contributed by atoms with Crippen LogP contribution in [0.2, 0.25) is 0 Å². The fourth-order valence-electron chi connectivity index (χ4n) is 3.66. The third kappa shape index (κ3) is 4.70. The molecule has 0 spiro atoms. The van der Waals surface area contributed by atoms with Crippen molar-refractivity contribution in [2.24, 2.45) is 4.99 Å². The van der Waals surface area contributed by atoms with E-state index in [1.807, 2.05) is 44.2 Å². The summed E-state index contributed by atoms with van der Waals surface area (Å²) >= 11 is 1.47. The van der Waals surface area contributed by atoms with E-state index < -0.39 is 0 Å². The first-order valence-electron chi connectivity index (χ1n) is 10.3. The van der Waals surface area contributed by atoms with Gasteiger partial charge in [-0.05, 0) is 67.9 Å². The van der Waals surface area contributed by atoms with Crippen LogP contribution in [0, 0.1) is 6.92 Å². The average Bonchev–Trinajstić information content (AvgIpc) is 3.10. The Morgan fingerprint density at radius 3 is 2.33 bits per heavy atom. The Labute approximate surface area is 182 Å². The Morgan fingerprint density at radius 2 is 1.67 bits per heavy atom. The van der Waals surface area contributed by atoms with Gasteiger partial charge in [0.1, 0.15) is 5.75 Å². The molecule has 2 aromatic carbocycles. The minimum Gasteiger partial charge on any atom is -0.491 e. The first-order valence-corrected chi connectivity index (χ1v) is 11.2. The topological polar surface area (TPSA) is 45.1 Å². The van der Waals surface area contributed by atoms with Gasteiger partial charge in [0.15, 0.2) is 5.17 Å². The summed E-state index contributed by atoms with van der Waals surface area (Å²) in [5.41, 5.74) is 3.56. The van der Waals surface area contributed by atoms with Crippen LogP contribution >= 0.6 is 11.8 Å². The van der Waals surface area contributed by atoms with Crippen LogP contribution in [0.1, 0.15) is 25.0 Å². The molecule has 4 rings (SSSR count). The van der Waals surface area contributed by atoms with Gasteiger partial charge >= 0.3 is 0 Å². The summed E-state index contributed by atoms with van der Waals surface area (Å²) in [4.78, 5) is 22.1. The zero-order chi connectivity index (χ0) is 21.1. The van der Waals surface area contributed by atoms with Crippen molar-refractivity contribution in [1.29, 1.82) is 0 Å². The molecule has 1 fully saturated rings. The molecule has 5 nitrogen and oxygen atoms in total. The van der Waals surface area contributed by atoms with E-state index in [-0.39, 0.29) is 12.0 Å². The highest BCUT2D eigenvalue weighted by molar-refractivity contribution is 8.18. The highest BCUT2D eigenvalue weighted by Gasteiger charge is 2.28. The van der Waals surface area contributed by atoms with E-state index in [4.69, 9.17) is 4.74 Å². The number of benzene rings is 2. The number of thioether (sulfide) groups is 1. The lowest BCUT2D eigenvalue weighted by Crippen LogP contribution is -2.48. The predicted octanol–water partition coefficient (Wildman–Crippen LogP) is 4.57. The van der Waals surface area contributed by atoms with Crippen LogP contribution in [-0.4, -0.2) is 48.3 Å². The van der Waals surface area contributed by atoms with Gasteiger partial charge in [-0.1, -0.05) is 30.3 Å². The van der Waals surface area contributed by atoms with E-state index in [0.717, 1.165) is 42.7 Å². The number of hydrogen-bond acceptors (Lipinski definition) is 5. The zero-order valence-electron chi connectivity index (χ0n) is 17.7. The number of anilines is 1. The molecule has 0 saturated carbocycles. The van der Waals surface area contributed by atoms with Crippen molar-refractivity contribution in [3.05, 3.63) is 64.6 Å². The molecule has 0 radical (unpaired) electrons. The van der Waals surface area contributed by atoms with Gasteiger partial charge in [-0.25, -0.2) is 0 Å². The molecule has 2 aliphatic heterocycles. The van der Waals surface area contributed by atoms with Gasteiger partial charge in [0, 0.05) is 31.9 Å². The SMILES string of the molecule is Cc1ccccc1N1CCN(C2=NC(=O)/C(=C\c3ccc(OC(C)C)cc3)S2)CC1. The largest absolute Gasteiger partial charge is 0.491 e. The van der Waals surface area contributed by atoms with E-state index in [0.29, 0.717) is 4.91 Å². The van der Waals surface area contributed by atoms with Crippen molar-refractivity contribution in [1.82, 2.24) is 4.90 Å². The van der Waals surface area contributed by atoms with E-state index in [1.54, 1.807) is 0 Å². The third-order valence-corrected chi connectivity index (χ3v) is 6.21. The summed E-state index contributed by atoms with van der Waals surface area (Å²) in [5.74, 6) is 0.680.